The van der Waals surface area contributed by atoms with Crippen LogP contribution < -0.4 is 15.4 Å². The van der Waals surface area contributed by atoms with E-state index in [0.717, 1.165) is 17.8 Å². The van der Waals surface area contributed by atoms with Crippen LogP contribution in [0.3, 0.4) is 0 Å². The Morgan fingerprint density at radius 3 is 2.58 bits per heavy atom. The smallest absolute Gasteiger partial charge is 0.416 e. The number of carbonyl (C=O) groups excluding carboxylic acids is 1. The van der Waals surface area contributed by atoms with Crippen LogP contribution in [0.1, 0.15) is 12.0 Å². The molecule has 0 bridgehead atoms. The second-order valence-corrected chi connectivity index (χ2v) is 5.00. The van der Waals surface area contributed by atoms with Crippen LogP contribution in [0, 0.1) is 0 Å². The first-order valence-electron chi connectivity index (χ1n) is 7.24. The van der Waals surface area contributed by atoms with E-state index >= 15 is 0 Å². The van der Waals surface area contributed by atoms with Gasteiger partial charge in [0.25, 0.3) is 0 Å². The van der Waals surface area contributed by atoms with Gasteiger partial charge in [0, 0.05) is 18.7 Å². The molecule has 7 heteroatoms. The lowest BCUT2D eigenvalue weighted by atomic mass is 10.2. The molecule has 4 nitrogen and oxygen atoms in total. The van der Waals surface area contributed by atoms with Crippen molar-refractivity contribution >= 4 is 17.3 Å². The Morgan fingerprint density at radius 1 is 1.12 bits per heavy atom. The van der Waals surface area contributed by atoms with E-state index in [-0.39, 0.29) is 18.0 Å². The van der Waals surface area contributed by atoms with Gasteiger partial charge in [-0.1, -0.05) is 18.2 Å². The van der Waals surface area contributed by atoms with Gasteiger partial charge in [-0.25, -0.2) is 0 Å². The van der Waals surface area contributed by atoms with Crippen molar-refractivity contribution in [2.24, 2.45) is 0 Å². The van der Waals surface area contributed by atoms with Crippen molar-refractivity contribution in [1.29, 1.82) is 0 Å². The molecule has 0 saturated carbocycles. The third-order valence-corrected chi connectivity index (χ3v) is 3.25. The van der Waals surface area contributed by atoms with Gasteiger partial charge in [-0.3, -0.25) is 4.79 Å². The standard InChI is InChI=1S/C17H17F3N2O2/c1-24-15-8-3-2-7-14(15)21-10-9-16(23)22-13-6-4-5-12(11-13)17(18,19)20/h2-8,11,21H,9-10H2,1H3,(H,22,23). The van der Waals surface area contributed by atoms with E-state index in [1.807, 2.05) is 18.2 Å². The topological polar surface area (TPSA) is 50.4 Å². The largest absolute Gasteiger partial charge is 0.495 e. The van der Waals surface area contributed by atoms with Crippen molar-refractivity contribution in [3.63, 3.8) is 0 Å². The maximum Gasteiger partial charge on any atom is 0.416 e. The molecule has 0 spiro atoms. The normalized spacial score (nSPS) is 11.0. The summed E-state index contributed by atoms with van der Waals surface area (Å²) < 4.78 is 43.1. The van der Waals surface area contributed by atoms with Crippen molar-refractivity contribution in [2.45, 2.75) is 12.6 Å². The Morgan fingerprint density at radius 2 is 1.88 bits per heavy atom. The number of carbonyl (C=O) groups is 1. The van der Waals surface area contributed by atoms with Crippen LogP contribution in [-0.2, 0) is 11.0 Å². The molecule has 0 radical (unpaired) electrons. The minimum atomic E-state index is -4.44. The quantitative estimate of drug-likeness (QED) is 0.832. The fraction of sp³-hybridized carbons (Fsp3) is 0.235. The number of alkyl halides is 3. The summed E-state index contributed by atoms with van der Waals surface area (Å²) in [5.41, 5.74) is 0.0615. The number of hydrogen-bond donors (Lipinski definition) is 2. The van der Waals surface area contributed by atoms with Crippen LogP contribution in [0.15, 0.2) is 48.5 Å². The van der Waals surface area contributed by atoms with Crippen molar-refractivity contribution in [3.8, 4) is 5.75 Å². The Hall–Kier alpha value is -2.70. The number of amides is 1. The van der Waals surface area contributed by atoms with Crippen LogP contribution in [-0.4, -0.2) is 19.6 Å². The van der Waals surface area contributed by atoms with Crippen molar-refractivity contribution in [1.82, 2.24) is 0 Å². The summed E-state index contributed by atoms with van der Waals surface area (Å²) >= 11 is 0. The lowest BCUT2D eigenvalue weighted by Crippen LogP contribution is -2.17. The average molecular weight is 338 g/mol. The first-order chi connectivity index (χ1) is 11.4. The van der Waals surface area contributed by atoms with Crippen LogP contribution in [0.2, 0.25) is 0 Å². The summed E-state index contributed by atoms with van der Waals surface area (Å²) in [5, 5.41) is 5.51. The number of hydrogen-bond acceptors (Lipinski definition) is 3. The Balaban J connectivity index is 1.88. The number of nitrogens with one attached hydrogen (secondary N) is 2. The lowest BCUT2D eigenvalue weighted by Gasteiger charge is -2.12. The predicted octanol–water partition coefficient (Wildman–Crippen LogP) is 4.15. The zero-order valence-electron chi connectivity index (χ0n) is 13.0. The Bertz CT molecular complexity index is 702. The van der Waals surface area contributed by atoms with Gasteiger partial charge in [0.1, 0.15) is 5.75 Å². The first-order valence-corrected chi connectivity index (χ1v) is 7.24. The van der Waals surface area contributed by atoms with Gasteiger partial charge in [0.2, 0.25) is 5.91 Å². The fourth-order valence-corrected chi connectivity index (χ4v) is 2.10. The molecule has 0 unspecified atom stereocenters. The summed E-state index contributed by atoms with van der Waals surface area (Å²) in [5.74, 6) is 0.271. The Kier molecular flexibility index (Phi) is 5.68. The van der Waals surface area contributed by atoms with E-state index in [1.54, 1.807) is 13.2 Å². The number of para-hydroxylation sites is 2. The molecule has 2 aromatic carbocycles. The highest BCUT2D eigenvalue weighted by Gasteiger charge is 2.30. The van der Waals surface area contributed by atoms with Gasteiger partial charge in [0.05, 0.1) is 18.4 Å². The van der Waals surface area contributed by atoms with Gasteiger partial charge in [-0.15, -0.1) is 0 Å². The number of methoxy groups -OCH3 is 1. The summed E-state index contributed by atoms with van der Waals surface area (Å²) in [7, 11) is 1.54. The SMILES string of the molecule is COc1ccccc1NCCC(=O)Nc1cccc(C(F)(F)F)c1. The van der Waals surface area contributed by atoms with Crippen LogP contribution in [0.5, 0.6) is 5.75 Å². The zero-order valence-corrected chi connectivity index (χ0v) is 13.0. The van der Waals surface area contributed by atoms with Crippen LogP contribution in [0.4, 0.5) is 24.5 Å². The lowest BCUT2D eigenvalue weighted by molar-refractivity contribution is -0.137. The fourth-order valence-electron chi connectivity index (χ4n) is 2.10. The third-order valence-electron chi connectivity index (χ3n) is 3.25. The highest BCUT2D eigenvalue weighted by atomic mass is 19.4. The number of anilines is 2. The van der Waals surface area contributed by atoms with Crippen LogP contribution >= 0.6 is 0 Å². The molecule has 24 heavy (non-hydrogen) atoms. The van der Waals surface area contributed by atoms with Crippen molar-refractivity contribution in [2.75, 3.05) is 24.3 Å². The van der Waals surface area contributed by atoms with Gasteiger partial charge in [-0.05, 0) is 30.3 Å². The molecule has 0 aliphatic rings. The second-order valence-electron chi connectivity index (χ2n) is 5.00. The predicted molar refractivity (Wildman–Crippen MR) is 86.2 cm³/mol. The van der Waals surface area contributed by atoms with Crippen LogP contribution in [0.25, 0.3) is 0 Å². The average Bonchev–Trinajstić information content (AvgIpc) is 2.55. The number of ether oxygens (including phenoxy) is 1. The molecule has 2 aromatic rings. The van der Waals surface area contributed by atoms with Gasteiger partial charge in [-0.2, -0.15) is 13.2 Å². The molecule has 0 fully saturated rings. The molecule has 2 rings (SSSR count). The number of halogens is 3. The van der Waals surface area contributed by atoms with E-state index in [9.17, 15) is 18.0 Å². The van der Waals surface area contributed by atoms with Gasteiger partial charge in [0.15, 0.2) is 0 Å². The summed E-state index contributed by atoms with van der Waals surface area (Å²) in [6.45, 7) is 0.325. The van der Waals surface area contributed by atoms with E-state index in [4.69, 9.17) is 4.74 Å². The van der Waals surface area contributed by atoms with E-state index in [1.165, 1.54) is 12.1 Å². The number of benzene rings is 2. The van der Waals surface area contributed by atoms with E-state index in [2.05, 4.69) is 10.6 Å². The van der Waals surface area contributed by atoms with Gasteiger partial charge < -0.3 is 15.4 Å². The first kappa shape index (κ1) is 17.7. The molecule has 0 atom stereocenters. The zero-order chi connectivity index (χ0) is 17.6. The molecule has 128 valence electrons. The highest BCUT2D eigenvalue weighted by Crippen LogP contribution is 2.30. The maximum atomic E-state index is 12.6. The summed E-state index contributed by atoms with van der Waals surface area (Å²) in [4.78, 5) is 11.9. The molecule has 0 aromatic heterocycles. The summed E-state index contributed by atoms with van der Waals surface area (Å²) in [6.07, 6.45) is -4.33. The molecule has 0 aliphatic heterocycles. The second kappa shape index (κ2) is 7.72. The maximum absolute atomic E-state index is 12.6. The van der Waals surface area contributed by atoms with Crippen molar-refractivity contribution < 1.29 is 22.7 Å². The molecule has 0 aliphatic carbocycles. The Labute approximate surface area is 137 Å². The molecule has 2 N–H and O–H groups in total. The molecular formula is C17H17F3N2O2. The molecule has 0 saturated heterocycles. The molecule has 1 amide bonds. The third kappa shape index (κ3) is 4.91. The monoisotopic (exact) mass is 338 g/mol. The summed E-state index contributed by atoms with van der Waals surface area (Å²) in [6, 6.07) is 11.8. The van der Waals surface area contributed by atoms with E-state index < -0.39 is 11.7 Å². The molecule has 0 heterocycles. The van der Waals surface area contributed by atoms with Gasteiger partial charge >= 0.3 is 6.18 Å². The highest BCUT2D eigenvalue weighted by molar-refractivity contribution is 5.91. The minimum absolute atomic E-state index is 0.105. The molecular weight excluding hydrogens is 321 g/mol. The van der Waals surface area contributed by atoms with Crippen molar-refractivity contribution in [3.05, 3.63) is 54.1 Å². The number of rotatable bonds is 6. The van der Waals surface area contributed by atoms with E-state index in [0.29, 0.717) is 12.3 Å². The minimum Gasteiger partial charge on any atom is -0.495 e.